The van der Waals surface area contributed by atoms with Gasteiger partial charge >= 0.3 is 6.09 Å². The number of carbonyl (C=O) groups excluding carboxylic acids is 3. The van der Waals surface area contributed by atoms with Crippen LogP contribution < -0.4 is 10.6 Å². The highest BCUT2D eigenvalue weighted by Crippen LogP contribution is 2.32. The van der Waals surface area contributed by atoms with Crippen LogP contribution in [0.5, 0.6) is 0 Å². The van der Waals surface area contributed by atoms with E-state index in [4.69, 9.17) is 16.3 Å². The highest BCUT2D eigenvalue weighted by molar-refractivity contribution is 8.01. The number of carbonyl (C=O) groups is 3. The van der Waals surface area contributed by atoms with Gasteiger partial charge in [-0.05, 0) is 61.6 Å². The molecule has 8 nitrogen and oxygen atoms in total. The molecule has 196 valence electrons. The van der Waals surface area contributed by atoms with E-state index < -0.39 is 12.1 Å². The molecule has 1 fully saturated rings. The van der Waals surface area contributed by atoms with Gasteiger partial charge < -0.3 is 15.4 Å². The number of aryl methyl sites for hydroxylation is 1. The smallest absolute Gasteiger partial charge is 0.410 e. The molecule has 3 amide bonds. The topological polar surface area (TPSA) is 101 Å². The van der Waals surface area contributed by atoms with Gasteiger partial charge in [0.2, 0.25) is 11.8 Å². The molecule has 4 rings (SSSR count). The molecule has 1 atom stereocenters. The highest BCUT2D eigenvalue weighted by atomic mass is 35.5. The summed E-state index contributed by atoms with van der Waals surface area (Å²) in [6.45, 7) is 6.68. The summed E-state index contributed by atoms with van der Waals surface area (Å²) in [7, 11) is 0. The Bertz CT molecular complexity index is 1310. The number of benzene rings is 2. The van der Waals surface area contributed by atoms with E-state index in [2.05, 4.69) is 15.6 Å². The normalized spacial score (nSPS) is 15.3. The van der Waals surface area contributed by atoms with Gasteiger partial charge in [0.05, 0.1) is 22.6 Å². The van der Waals surface area contributed by atoms with Crippen LogP contribution in [0.3, 0.4) is 0 Å². The molecule has 1 aliphatic heterocycles. The number of rotatable bonds is 8. The molecule has 1 aromatic heterocycles. The van der Waals surface area contributed by atoms with Gasteiger partial charge in [0, 0.05) is 22.9 Å². The lowest BCUT2D eigenvalue weighted by Gasteiger charge is -2.23. The molecule has 2 N–H and O–H groups in total. The molecule has 1 unspecified atom stereocenters. The van der Waals surface area contributed by atoms with Crippen molar-refractivity contribution in [1.29, 1.82) is 0 Å². The number of thiazole rings is 1. The molecule has 2 aromatic carbocycles. The Balaban J connectivity index is 1.35. The van der Waals surface area contributed by atoms with Crippen LogP contribution in [0.15, 0.2) is 40.7 Å². The van der Waals surface area contributed by atoms with E-state index in [1.807, 2.05) is 39.0 Å². The molecule has 0 spiro atoms. The molecule has 3 aromatic rings. The number of hydrogen-bond donors (Lipinski definition) is 2. The lowest BCUT2D eigenvalue weighted by Crippen LogP contribution is -2.43. The SMILES string of the molecule is Cc1ccc(Cl)cc1NC(=O)CSc1nc2ccc(NC(=O)C3CCCN3C(=O)OCC(C)C)cc2s1. The molecule has 37 heavy (non-hydrogen) atoms. The van der Waals surface area contributed by atoms with Gasteiger partial charge in [-0.3, -0.25) is 14.5 Å². The zero-order valence-corrected chi connectivity index (χ0v) is 23.3. The number of nitrogens with zero attached hydrogens (tertiary/aromatic N) is 2. The van der Waals surface area contributed by atoms with Gasteiger partial charge in [-0.15, -0.1) is 11.3 Å². The van der Waals surface area contributed by atoms with E-state index in [0.717, 1.165) is 26.5 Å². The van der Waals surface area contributed by atoms with Gasteiger partial charge in [-0.2, -0.15) is 0 Å². The minimum atomic E-state index is -0.551. The molecule has 0 radical (unpaired) electrons. The Morgan fingerprint density at radius 1 is 1.22 bits per heavy atom. The Morgan fingerprint density at radius 2 is 2.03 bits per heavy atom. The molecule has 1 aliphatic rings. The summed E-state index contributed by atoms with van der Waals surface area (Å²) in [5, 5.41) is 6.38. The fourth-order valence-electron chi connectivity index (χ4n) is 3.89. The van der Waals surface area contributed by atoms with Crippen molar-refractivity contribution >= 4 is 74.2 Å². The van der Waals surface area contributed by atoms with Crippen molar-refractivity contribution in [3.63, 3.8) is 0 Å². The van der Waals surface area contributed by atoms with E-state index in [0.29, 0.717) is 36.0 Å². The molecule has 0 aliphatic carbocycles. The van der Waals surface area contributed by atoms with E-state index in [1.165, 1.54) is 28.0 Å². The number of halogens is 1. The summed E-state index contributed by atoms with van der Waals surface area (Å²) < 4.78 is 6.98. The molecule has 0 saturated carbocycles. The van der Waals surface area contributed by atoms with Crippen LogP contribution in [-0.4, -0.2) is 52.7 Å². The van der Waals surface area contributed by atoms with Crippen molar-refractivity contribution in [2.24, 2.45) is 5.92 Å². The first-order chi connectivity index (χ1) is 17.7. The Morgan fingerprint density at radius 3 is 2.81 bits per heavy atom. The predicted molar refractivity (Wildman–Crippen MR) is 150 cm³/mol. The zero-order valence-electron chi connectivity index (χ0n) is 20.9. The van der Waals surface area contributed by atoms with Gasteiger partial charge in [-0.25, -0.2) is 9.78 Å². The van der Waals surface area contributed by atoms with Gasteiger partial charge in [-0.1, -0.05) is 43.3 Å². The fraction of sp³-hybridized carbons (Fsp3) is 0.385. The van der Waals surface area contributed by atoms with Crippen molar-refractivity contribution in [3.05, 3.63) is 47.0 Å². The molecular weight excluding hydrogens is 532 g/mol. The lowest BCUT2D eigenvalue weighted by molar-refractivity contribution is -0.120. The van der Waals surface area contributed by atoms with Crippen LogP contribution in [0.2, 0.25) is 5.02 Å². The second-order valence-electron chi connectivity index (χ2n) is 9.27. The summed E-state index contributed by atoms with van der Waals surface area (Å²) in [5.41, 5.74) is 3.05. The lowest BCUT2D eigenvalue weighted by atomic mass is 10.2. The molecule has 0 bridgehead atoms. The average Bonchev–Trinajstić information content (AvgIpc) is 3.50. The number of fused-ring (bicyclic) bond motifs is 1. The summed E-state index contributed by atoms with van der Waals surface area (Å²) in [5.74, 6) is 0.0652. The maximum Gasteiger partial charge on any atom is 0.410 e. The van der Waals surface area contributed by atoms with Crippen LogP contribution >= 0.6 is 34.7 Å². The number of thioether (sulfide) groups is 1. The van der Waals surface area contributed by atoms with Crippen molar-refractivity contribution in [3.8, 4) is 0 Å². The Kier molecular flexibility index (Phi) is 8.94. The quantitative estimate of drug-likeness (QED) is 0.319. The number of anilines is 2. The second kappa shape index (κ2) is 12.1. The van der Waals surface area contributed by atoms with Crippen molar-refractivity contribution in [2.75, 3.05) is 29.5 Å². The average molecular weight is 561 g/mol. The monoisotopic (exact) mass is 560 g/mol. The van der Waals surface area contributed by atoms with E-state index in [1.54, 1.807) is 18.2 Å². The number of aromatic nitrogens is 1. The predicted octanol–water partition coefficient (Wildman–Crippen LogP) is 6.18. The summed E-state index contributed by atoms with van der Waals surface area (Å²) in [4.78, 5) is 43.9. The first-order valence-corrected chi connectivity index (χ1v) is 14.2. The zero-order chi connectivity index (χ0) is 26.5. The van der Waals surface area contributed by atoms with E-state index in [-0.39, 0.29) is 23.5 Å². The fourth-order valence-corrected chi connectivity index (χ4v) is 5.97. The van der Waals surface area contributed by atoms with Crippen LogP contribution in [0.1, 0.15) is 32.3 Å². The third-order valence-corrected chi connectivity index (χ3v) is 8.16. The Hall–Kier alpha value is -2.82. The maximum absolute atomic E-state index is 13.0. The first kappa shape index (κ1) is 27.2. The van der Waals surface area contributed by atoms with Crippen LogP contribution in [-0.2, 0) is 14.3 Å². The van der Waals surface area contributed by atoms with Crippen molar-refractivity contribution < 1.29 is 19.1 Å². The maximum atomic E-state index is 13.0. The Labute approximate surface area is 229 Å². The van der Waals surface area contributed by atoms with Gasteiger partial charge in [0.25, 0.3) is 0 Å². The summed E-state index contributed by atoms with van der Waals surface area (Å²) >= 11 is 8.83. The van der Waals surface area contributed by atoms with Crippen LogP contribution in [0, 0.1) is 12.8 Å². The minimum Gasteiger partial charge on any atom is -0.449 e. The first-order valence-electron chi connectivity index (χ1n) is 12.0. The van der Waals surface area contributed by atoms with Gasteiger partial charge in [0.1, 0.15) is 6.04 Å². The highest BCUT2D eigenvalue weighted by Gasteiger charge is 2.35. The number of ether oxygens (including phenoxy) is 1. The third-order valence-electron chi connectivity index (χ3n) is 5.77. The molecule has 2 heterocycles. The van der Waals surface area contributed by atoms with Crippen molar-refractivity contribution in [2.45, 2.75) is 44.0 Å². The van der Waals surface area contributed by atoms with E-state index in [9.17, 15) is 14.4 Å². The molecule has 1 saturated heterocycles. The summed E-state index contributed by atoms with van der Waals surface area (Å²) in [6, 6.07) is 10.3. The molecule has 11 heteroatoms. The number of likely N-dealkylation sites (tertiary alicyclic amines) is 1. The standard InChI is InChI=1S/C26H29ClN4O4S2/c1-15(2)13-35-26(34)31-10-4-5-21(31)24(33)28-18-8-9-19-22(12-18)37-25(30-19)36-14-23(32)29-20-11-17(27)7-6-16(20)3/h6-9,11-12,15,21H,4-5,10,13-14H2,1-3H3,(H,28,33)(H,29,32). The number of nitrogens with one attached hydrogen (secondary N) is 2. The van der Waals surface area contributed by atoms with E-state index >= 15 is 0 Å². The largest absolute Gasteiger partial charge is 0.449 e. The van der Waals surface area contributed by atoms with Crippen LogP contribution in [0.25, 0.3) is 10.2 Å². The number of hydrogen-bond acceptors (Lipinski definition) is 7. The third kappa shape index (κ3) is 7.15. The minimum absolute atomic E-state index is 0.143. The second-order valence-corrected chi connectivity index (χ2v) is 12.0. The number of amides is 3. The van der Waals surface area contributed by atoms with Crippen molar-refractivity contribution in [1.82, 2.24) is 9.88 Å². The summed E-state index contributed by atoms with van der Waals surface area (Å²) in [6.07, 6.45) is 0.914. The van der Waals surface area contributed by atoms with Crippen LogP contribution in [0.4, 0.5) is 16.2 Å². The molecular formula is C26H29ClN4O4S2. The van der Waals surface area contributed by atoms with Gasteiger partial charge in [0.15, 0.2) is 4.34 Å².